The second kappa shape index (κ2) is 3.11. The van der Waals surface area contributed by atoms with E-state index in [1.165, 1.54) is 0 Å². The molecule has 2 rings (SSSR count). The second-order valence-electron chi connectivity index (χ2n) is 2.47. The third-order valence-electron chi connectivity index (χ3n) is 1.65. The molecule has 62 valence electrons. The van der Waals surface area contributed by atoms with Crippen molar-refractivity contribution in [2.45, 2.75) is 13.3 Å². The summed E-state index contributed by atoms with van der Waals surface area (Å²) < 4.78 is 5.23. The van der Waals surface area contributed by atoms with E-state index < -0.39 is 0 Å². The Morgan fingerprint density at radius 3 is 3.08 bits per heavy atom. The number of furan rings is 1. The number of nitrogens with zero attached hydrogens (tertiary/aromatic N) is 1. The van der Waals surface area contributed by atoms with Crippen molar-refractivity contribution in [2.75, 3.05) is 0 Å². The minimum atomic E-state index is 0.861. The van der Waals surface area contributed by atoms with Crippen LogP contribution in [0.25, 0.3) is 10.8 Å². The zero-order chi connectivity index (χ0) is 8.39. The normalized spacial score (nSPS) is 10.4. The van der Waals surface area contributed by atoms with Crippen LogP contribution in [-0.2, 0) is 6.42 Å². The summed E-state index contributed by atoms with van der Waals surface area (Å²) in [6, 6.07) is 3.81. The van der Waals surface area contributed by atoms with Crippen LogP contribution < -0.4 is 0 Å². The lowest BCUT2D eigenvalue weighted by molar-refractivity contribution is 0.581. The highest BCUT2D eigenvalue weighted by Gasteiger charge is 2.04. The Bertz CT molecular complexity index is 350. The molecule has 0 saturated heterocycles. The molecule has 0 bridgehead atoms. The van der Waals surface area contributed by atoms with Gasteiger partial charge in [0.2, 0.25) is 0 Å². The van der Waals surface area contributed by atoms with Crippen LogP contribution in [0.3, 0.4) is 0 Å². The lowest BCUT2D eigenvalue weighted by Crippen LogP contribution is -1.78. The number of hydrogen-bond acceptors (Lipinski definition) is 3. The van der Waals surface area contributed by atoms with Gasteiger partial charge >= 0.3 is 0 Å². The van der Waals surface area contributed by atoms with Crippen molar-refractivity contribution in [3.05, 3.63) is 29.5 Å². The standard InChI is InChI=1S/C9H9NOS/c1-2-7-6-12-9(10-7)8-4-3-5-11-8/h3-6H,2H2,1H3. The third kappa shape index (κ3) is 1.28. The minimum absolute atomic E-state index is 0.861. The number of aryl methyl sites for hydroxylation is 1. The topological polar surface area (TPSA) is 26.0 Å². The predicted octanol–water partition coefficient (Wildman–Crippen LogP) is 2.97. The van der Waals surface area contributed by atoms with Gasteiger partial charge in [0.15, 0.2) is 10.8 Å². The van der Waals surface area contributed by atoms with Crippen molar-refractivity contribution < 1.29 is 4.42 Å². The quantitative estimate of drug-likeness (QED) is 0.708. The molecular formula is C9H9NOS. The van der Waals surface area contributed by atoms with Gasteiger partial charge < -0.3 is 4.42 Å². The molecule has 2 heterocycles. The van der Waals surface area contributed by atoms with Crippen molar-refractivity contribution in [3.63, 3.8) is 0 Å². The molecule has 0 aliphatic carbocycles. The molecule has 0 N–H and O–H groups in total. The summed E-state index contributed by atoms with van der Waals surface area (Å²) in [5.41, 5.74) is 1.13. The first-order valence-electron chi connectivity index (χ1n) is 3.88. The molecule has 0 spiro atoms. The van der Waals surface area contributed by atoms with E-state index in [2.05, 4.69) is 17.3 Å². The molecule has 0 aliphatic heterocycles. The number of rotatable bonds is 2. The van der Waals surface area contributed by atoms with E-state index >= 15 is 0 Å². The van der Waals surface area contributed by atoms with Crippen LogP contribution >= 0.6 is 11.3 Å². The van der Waals surface area contributed by atoms with E-state index in [4.69, 9.17) is 4.42 Å². The SMILES string of the molecule is CCc1csc(-c2ccco2)n1. The lowest BCUT2D eigenvalue weighted by Gasteiger charge is -1.86. The van der Waals surface area contributed by atoms with Gasteiger partial charge in [-0.05, 0) is 18.6 Å². The molecule has 12 heavy (non-hydrogen) atoms. The fourth-order valence-electron chi connectivity index (χ4n) is 0.983. The van der Waals surface area contributed by atoms with Crippen LogP contribution in [0.5, 0.6) is 0 Å². The van der Waals surface area contributed by atoms with Gasteiger partial charge in [0.25, 0.3) is 0 Å². The highest BCUT2D eigenvalue weighted by molar-refractivity contribution is 7.13. The Morgan fingerprint density at radius 1 is 1.58 bits per heavy atom. The van der Waals surface area contributed by atoms with Crippen molar-refractivity contribution in [1.29, 1.82) is 0 Å². The van der Waals surface area contributed by atoms with Gasteiger partial charge in [0.1, 0.15) is 0 Å². The van der Waals surface area contributed by atoms with Crippen LogP contribution in [-0.4, -0.2) is 4.98 Å². The molecule has 0 atom stereocenters. The lowest BCUT2D eigenvalue weighted by atomic mass is 10.4. The molecule has 2 nitrogen and oxygen atoms in total. The summed E-state index contributed by atoms with van der Waals surface area (Å²) >= 11 is 1.63. The minimum Gasteiger partial charge on any atom is -0.462 e. The van der Waals surface area contributed by atoms with Gasteiger partial charge in [-0.15, -0.1) is 11.3 Å². The highest BCUT2D eigenvalue weighted by atomic mass is 32.1. The number of thiazole rings is 1. The molecule has 0 fully saturated rings. The Kier molecular flexibility index (Phi) is 1.96. The third-order valence-corrected chi connectivity index (χ3v) is 2.55. The van der Waals surface area contributed by atoms with Gasteiger partial charge in [-0.2, -0.15) is 0 Å². The molecule has 0 amide bonds. The Morgan fingerprint density at radius 2 is 2.50 bits per heavy atom. The molecule has 0 aromatic carbocycles. The van der Waals surface area contributed by atoms with Crippen LogP contribution in [0, 0.1) is 0 Å². The summed E-state index contributed by atoms with van der Waals surface area (Å²) in [5, 5.41) is 3.04. The molecule has 0 saturated carbocycles. The molecule has 0 aliphatic rings. The van der Waals surface area contributed by atoms with Crippen molar-refractivity contribution in [1.82, 2.24) is 4.98 Å². The van der Waals surface area contributed by atoms with E-state index in [0.29, 0.717) is 0 Å². The smallest absolute Gasteiger partial charge is 0.162 e. The molecule has 0 radical (unpaired) electrons. The monoisotopic (exact) mass is 179 g/mol. The zero-order valence-electron chi connectivity index (χ0n) is 6.78. The number of hydrogen-bond donors (Lipinski definition) is 0. The predicted molar refractivity (Wildman–Crippen MR) is 49.2 cm³/mol. The van der Waals surface area contributed by atoms with Crippen molar-refractivity contribution in [2.24, 2.45) is 0 Å². The van der Waals surface area contributed by atoms with Crippen LogP contribution in [0.1, 0.15) is 12.6 Å². The fourth-order valence-corrected chi connectivity index (χ4v) is 1.85. The average molecular weight is 179 g/mol. The first kappa shape index (κ1) is 7.55. The van der Waals surface area contributed by atoms with E-state index in [-0.39, 0.29) is 0 Å². The van der Waals surface area contributed by atoms with Gasteiger partial charge in [0.05, 0.1) is 12.0 Å². The van der Waals surface area contributed by atoms with Gasteiger partial charge in [-0.1, -0.05) is 6.92 Å². The maximum absolute atomic E-state index is 5.23. The largest absolute Gasteiger partial charge is 0.462 e. The van der Waals surface area contributed by atoms with Crippen molar-refractivity contribution in [3.8, 4) is 10.8 Å². The molecular weight excluding hydrogens is 170 g/mol. The van der Waals surface area contributed by atoms with E-state index in [1.807, 2.05) is 12.1 Å². The summed E-state index contributed by atoms with van der Waals surface area (Å²) in [6.07, 6.45) is 2.65. The maximum Gasteiger partial charge on any atom is 0.162 e. The average Bonchev–Trinajstić information content (AvgIpc) is 2.75. The molecule has 2 aromatic heterocycles. The maximum atomic E-state index is 5.23. The van der Waals surface area contributed by atoms with Gasteiger partial charge in [-0.25, -0.2) is 4.98 Å². The second-order valence-corrected chi connectivity index (χ2v) is 3.33. The molecule has 0 unspecified atom stereocenters. The Labute approximate surface area is 74.9 Å². The van der Waals surface area contributed by atoms with Gasteiger partial charge in [-0.3, -0.25) is 0 Å². The molecule has 3 heteroatoms. The van der Waals surface area contributed by atoms with Crippen molar-refractivity contribution >= 4 is 11.3 Å². The Balaban J connectivity index is 2.35. The van der Waals surface area contributed by atoms with Crippen LogP contribution in [0.15, 0.2) is 28.2 Å². The summed E-state index contributed by atoms with van der Waals surface area (Å²) in [4.78, 5) is 4.40. The zero-order valence-corrected chi connectivity index (χ0v) is 7.60. The van der Waals surface area contributed by atoms with Crippen LogP contribution in [0.2, 0.25) is 0 Å². The van der Waals surface area contributed by atoms with E-state index in [1.54, 1.807) is 17.6 Å². The molecule has 2 aromatic rings. The Hall–Kier alpha value is -1.09. The summed E-state index contributed by atoms with van der Waals surface area (Å²) in [5.74, 6) is 0.861. The fraction of sp³-hybridized carbons (Fsp3) is 0.222. The van der Waals surface area contributed by atoms with E-state index in [0.717, 1.165) is 22.9 Å². The first-order valence-corrected chi connectivity index (χ1v) is 4.76. The summed E-state index contributed by atoms with van der Waals surface area (Å²) in [7, 11) is 0. The summed E-state index contributed by atoms with van der Waals surface area (Å²) in [6.45, 7) is 2.10. The van der Waals surface area contributed by atoms with Crippen LogP contribution in [0.4, 0.5) is 0 Å². The highest BCUT2D eigenvalue weighted by Crippen LogP contribution is 2.23. The van der Waals surface area contributed by atoms with Gasteiger partial charge in [0, 0.05) is 5.38 Å². The number of aromatic nitrogens is 1. The van der Waals surface area contributed by atoms with E-state index in [9.17, 15) is 0 Å². The first-order chi connectivity index (χ1) is 5.90.